The lowest BCUT2D eigenvalue weighted by molar-refractivity contribution is 0.205. The second-order valence-electron chi connectivity index (χ2n) is 6.66. The average Bonchev–Trinajstić information content (AvgIpc) is 3.19. The van der Waals surface area contributed by atoms with Gasteiger partial charge in [0.2, 0.25) is 0 Å². The first-order valence-electron chi connectivity index (χ1n) is 8.96. The van der Waals surface area contributed by atoms with Crippen molar-refractivity contribution in [1.29, 1.82) is 0 Å². The van der Waals surface area contributed by atoms with Crippen molar-refractivity contribution in [3.05, 3.63) is 80.5 Å². The van der Waals surface area contributed by atoms with Gasteiger partial charge in [0, 0.05) is 23.0 Å². The summed E-state index contributed by atoms with van der Waals surface area (Å²) in [4.78, 5) is 3.89. The van der Waals surface area contributed by atoms with E-state index in [0.29, 0.717) is 0 Å². The fourth-order valence-electron chi connectivity index (χ4n) is 3.84. The van der Waals surface area contributed by atoms with Gasteiger partial charge in [-0.15, -0.1) is 11.3 Å². The number of hydrogen-bond acceptors (Lipinski definition) is 4. The number of nitrogens with zero attached hydrogens (tertiary/aromatic N) is 1. The number of hydrogen-bond donors (Lipinski definition) is 0. The monoisotopic (exact) mass is 399 g/mol. The largest absolute Gasteiger partial charge is 0.493 e. The summed E-state index contributed by atoms with van der Waals surface area (Å²) in [5, 5.41) is 2.89. The van der Waals surface area contributed by atoms with Gasteiger partial charge in [-0.25, -0.2) is 0 Å². The Hall–Kier alpha value is -2.01. The van der Waals surface area contributed by atoms with Crippen LogP contribution in [0.1, 0.15) is 27.6 Å². The van der Waals surface area contributed by atoms with Gasteiger partial charge in [0.25, 0.3) is 0 Å². The Bertz CT molecular complexity index is 926. The topological polar surface area (TPSA) is 21.7 Å². The third-order valence-corrected chi connectivity index (χ3v) is 6.17. The molecule has 0 spiro atoms. The summed E-state index contributed by atoms with van der Waals surface area (Å²) in [7, 11) is 3.37. The van der Waals surface area contributed by atoms with Gasteiger partial charge < -0.3 is 9.47 Å². The van der Waals surface area contributed by atoms with E-state index in [-0.39, 0.29) is 6.04 Å². The zero-order valence-corrected chi connectivity index (χ0v) is 17.0. The molecular formula is C22H22ClNO2S. The molecule has 0 fully saturated rings. The van der Waals surface area contributed by atoms with E-state index >= 15 is 0 Å². The first-order valence-corrected chi connectivity index (χ1v) is 10.2. The Balaban J connectivity index is 1.82. The fraction of sp³-hybridized carbons (Fsp3) is 0.273. The summed E-state index contributed by atoms with van der Waals surface area (Å²) < 4.78 is 11.1. The Kier molecular flexibility index (Phi) is 5.39. The number of fused-ring (bicyclic) bond motifs is 1. The van der Waals surface area contributed by atoms with Crippen LogP contribution in [0.3, 0.4) is 0 Å². The van der Waals surface area contributed by atoms with E-state index < -0.39 is 0 Å². The van der Waals surface area contributed by atoms with E-state index in [1.165, 1.54) is 21.6 Å². The van der Waals surface area contributed by atoms with Crippen molar-refractivity contribution < 1.29 is 9.47 Å². The number of benzene rings is 2. The van der Waals surface area contributed by atoms with Crippen LogP contribution in [0.2, 0.25) is 5.02 Å². The van der Waals surface area contributed by atoms with Crippen molar-refractivity contribution in [1.82, 2.24) is 4.90 Å². The van der Waals surface area contributed by atoms with E-state index in [0.717, 1.165) is 36.0 Å². The minimum Gasteiger partial charge on any atom is -0.493 e. The summed E-state index contributed by atoms with van der Waals surface area (Å²) in [6.45, 7) is 1.90. The van der Waals surface area contributed by atoms with Crippen molar-refractivity contribution in [2.75, 3.05) is 20.8 Å². The van der Waals surface area contributed by atoms with Gasteiger partial charge in [-0.1, -0.05) is 29.8 Å². The maximum atomic E-state index is 6.33. The number of methoxy groups -OCH3 is 2. The Morgan fingerprint density at radius 2 is 1.89 bits per heavy atom. The van der Waals surface area contributed by atoms with Gasteiger partial charge in [0.05, 0.1) is 20.3 Å². The molecule has 0 aliphatic carbocycles. The molecule has 0 saturated carbocycles. The second-order valence-corrected chi connectivity index (χ2v) is 8.13. The third-order valence-electron chi connectivity index (χ3n) is 5.08. The van der Waals surface area contributed by atoms with Crippen LogP contribution in [0, 0.1) is 0 Å². The second kappa shape index (κ2) is 7.93. The van der Waals surface area contributed by atoms with E-state index in [2.05, 4.69) is 46.7 Å². The van der Waals surface area contributed by atoms with Crippen molar-refractivity contribution >= 4 is 22.9 Å². The molecule has 1 aliphatic rings. The molecule has 1 aromatic heterocycles. The highest BCUT2D eigenvalue weighted by atomic mass is 35.5. The van der Waals surface area contributed by atoms with Gasteiger partial charge >= 0.3 is 0 Å². The summed E-state index contributed by atoms with van der Waals surface area (Å²) in [6.07, 6.45) is 0.984. The SMILES string of the molecule is COc1cc2c(cc1OC)[C@@H](c1cccc(Cl)c1)N(Cc1cccs1)CC2. The Morgan fingerprint density at radius 3 is 2.59 bits per heavy atom. The standard InChI is InChI=1S/C22H22ClNO2S/c1-25-20-12-15-8-9-24(14-18-7-4-10-27-18)22(19(15)13-21(20)26-2)16-5-3-6-17(23)11-16/h3-7,10-13,22H,8-9,14H2,1-2H3/t22-/m1/s1. The molecule has 0 amide bonds. The summed E-state index contributed by atoms with van der Waals surface area (Å²) >= 11 is 8.13. The maximum Gasteiger partial charge on any atom is 0.161 e. The first-order chi connectivity index (χ1) is 13.2. The zero-order valence-electron chi connectivity index (χ0n) is 15.4. The van der Waals surface area contributed by atoms with Crippen molar-refractivity contribution in [3.8, 4) is 11.5 Å². The molecule has 27 heavy (non-hydrogen) atoms. The zero-order chi connectivity index (χ0) is 18.8. The van der Waals surface area contributed by atoms with E-state index in [4.69, 9.17) is 21.1 Å². The number of thiophene rings is 1. The highest BCUT2D eigenvalue weighted by Gasteiger charge is 2.30. The molecule has 0 bridgehead atoms. The molecule has 1 atom stereocenters. The van der Waals surface area contributed by atoms with E-state index in [1.807, 2.05) is 12.1 Å². The lowest BCUT2D eigenvalue weighted by Gasteiger charge is -2.38. The minimum atomic E-state index is 0.134. The molecule has 4 rings (SSSR count). The molecule has 2 heterocycles. The Morgan fingerprint density at radius 1 is 1.07 bits per heavy atom. The highest BCUT2D eigenvalue weighted by molar-refractivity contribution is 7.09. The Labute approximate surface area is 169 Å². The van der Waals surface area contributed by atoms with Gasteiger partial charge in [-0.2, -0.15) is 0 Å². The average molecular weight is 400 g/mol. The van der Waals surface area contributed by atoms with Gasteiger partial charge in [-0.05, 0) is 58.8 Å². The van der Waals surface area contributed by atoms with Crippen LogP contribution in [-0.2, 0) is 13.0 Å². The normalized spacial score (nSPS) is 16.8. The van der Waals surface area contributed by atoms with Gasteiger partial charge in [-0.3, -0.25) is 4.90 Å². The number of ether oxygens (including phenoxy) is 2. The predicted molar refractivity (Wildman–Crippen MR) is 111 cm³/mol. The maximum absolute atomic E-state index is 6.33. The molecule has 2 aromatic carbocycles. The number of halogens is 1. The summed E-state index contributed by atoms with van der Waals surface area (Å²) in [5.41, 5.74) is 3.77. The van der Waals surface area contributed by atoms with Crippen LogP contribution in [0.15, 0.2) is 53.9 Å². The van der Waals surface area contributed by atoms with Crippen LogP contribution >= 0.6 is 22.9 Å². The molecule has 3 aromatic rings. The quantitative estimate of drug-likeness (QED) is 0.560. The predicted octanol–water partition coefficient (Wildman–Crippen LogP) is 5.57. The first kappa shape index (κ1) is 18.4. The van der Waals surface area contributed by atoms with Crippen LogP contribution in [0.25, 0.3) is 0 Å². The van der Waals surface area contributed by atoms with E-state index in [9.17, 15) is 0 Å². The minimum absolute atomic E-state index is 0.134. The third kappa shape index (κ3) is 3.70. The fourth-order valence-corrected chi connectivity index (χ4v) is 4.77. The lowest BCUT2D eigenvalue weighted by Crippen LogP contribution is -2.35. The van der Waals surface area contributed by atoms with Gasteiger partial charge in [0.1, 0.15) is 0 Å². The summed E-state index contributed by atoms with van der Waals surface area (Å²) in [6, 6.07) is 16.9. The van der Waals surface area contributed by atoms with Crippen molar-refractivity contribution in [2.24, 2.45) is 0 Å². The molecule has 0 saturated heterocycles. The van der Waals surface area contributed by atoms with Crippen LogP contribution in [0.5, 0.6) is 11.5 Å². The molecule has 0 unspecified atom stereocenters. The van der Waals surface area contributed by atoms with Crippen LogP contribution < -0.4 is 9.47 Å². The molecule has 1 aliphatic heterocycles. The molecule has 5 heteroatoms. The number of rotatable bonds is 5. The van der Waals surface area contributed by atoms with Crippen molar-refractivity contribution in [2.45, 2.75) is 19.0 Å². The lowest BCUT2D eigenvalue weighted by atomic mass is 9.87. The molecule has 3 nitrogen and oxygen atoms in total. The molecule has 140 valence electrons. The molecule has 0 radical (unpaired) electrons. The van der Waals surface area contributed by atoms with Crippen molar-refractivity contribution in [3.63, 3.8) is 0 Å². The van der Waals surface area contributed by atoms with Crippen LogP contribution in [0.4, 0.5) is 0 Å². The van der Waals surface area contributed by atoms with Crippen LogP contribution in [-0.4, -0.2) is 25.7 Å². The highest BCUT2D eigenvalue weighted by Crippen LogP contribution is 2.42. The smallest absolute Gasteiger partial charge is 0.161 e. The van der Waals surface area contributed by atoms with Gasteiger partial charge in [0.15, 0.2) is 11.5 Å². The van der Waals surface area contributed by atoms with E-state index in [1.54, 1.807) is 25.6 Å². The molecule has 0 N–H and O–H groups in total. The molecular weight excluding hydrogens is 378 g/mol. The summed E-state index contributed by atoms with van der Waals surface area (Å²) in [5.74, 6) is 1.55.